The second-order valence-corrected chi connectivity index (χ2v) is 4.55. The Morgan fingerprint density at radius 3 is 2.76 bits per heavy atom. The summed E-state index contributed by atoms with van der Waals surface area (Å²) in [5.74, 6) is 0. The molecule has 0 unspecified atom stereocenters. The van der Waals surface area contributed by atoms with Gasteiger partial charge in [0.2, 0.25) is 0 Å². The van der Waals surface area contributed by atoms with Crippen molar-refractivity contribution < 1.29 is 0 Å². The first-order chi connectivity index (χ1) is 8.15. The van der Waals surface area contributed by atoms with Gasteiger partial charge < -0.3 is 5.32 Å². The number of anilines is 1. The summed E-state index contributed by atoms with van der Waals surface area (Å²) < 4.78 is 0. The molecular formula is C14H15ClN2. The van der Waals surface area contributed by atoms with Crippen LogP contribution >= 0.6 is 11.6 Å². The first-order valence-corrected chi connectivity index (χ1v) is 5.94. The lowest BCUT2D eigenvalue weighted by Crippen LogP contribution is -2.01. The van der Waals surface area contributed by atoms with Gasteiger partial charge in [0.05, 0.1) is 5.69 Å². The van der Waals surface area contributed by atoms with Gasteiger partial charge in [-0.2, -0.15) is 0 Å². The smallest absolute Gasteiger partial charge is 0.152 e. The zero-order chi connectivity index (χ0) is 12.3. The molecule has 2 rings (SSSR count). The average molecular weight is 247 g/mol. The molecule has 0 bridgehead atoms. The minimum absolute atomic E-state index is 0.517. The van der Waals surface area contributed by atoms with Gasteiger partial charge in [-0.3, -0.25) is 0 Å². The lowest BCUT2D eigenvalue weighted by Gasteiger charge is -2.09. The Morgan fingerprint density at radius 2 is 2.00 bits per heavy atom. The maximum Gasteiger partial charge on any atom is 0.152 e. The molecule has 0 fully saturated rings. The summed E-state index contributed by atoms with van der Waals surface area (Å²) in [7, 11) is 0. The van der Waals surface area contributed by atoms with Crippen LogP contribution in [0.25, 0.3) is 0 Å². The molecule has 3 heteroatoms. The highest BCUT2D eigenvalue weighted by Gasteiger charge is 2.01. The topological polar surface area (TPSA) is 24.9 Å². The van der Waals surface area contributed by atoms with E-state index >= 15 is 0 Å². The predicted molar refractivity (Wildman–Crippen MR) is 72.5 cm³/mol. The van der Waals surface area contributed by atoms with Crippen LogP contribution in [-0.4, -0.2) is 4.98 Å². The summed E-state index contributed by atoms with van der Waals surface area (Å²) in [6.45, 7) is 4.85. The Labute approximate surface area is 107 Å². The first kappa shape index (κ1) is 11.9. The molecule has 0 amide bonds. The molecule has 0 aliphatic rings. The number of nitrogens with one attached hydrogen (secondary N) is 1. The van der Waals surface area contributed by atoms with Crippen LogP contribution in [0.3, 0.4) is 0 Å². The molecule has 1 heterocycles. The highest BCUT2D eigenvalue weighted by molar-refractivity contribution is 6.31. The number of hydrogen-bond acceptors (Lipinski definition) is 2. The third-order valence-electron chi connectivity index (χ3n) is 2.54. The lowest BCUT2D eigenvalue weighted by molar-refractivity contribution is 1.12. The van der Waals surface area contributed by atoms with Gasteiger partial charge in [-0.25, -0.2) is 4.98 Å². The summed E-state index contributed by atoms with van der Waals surface area (Å²) in [5.41, 5.74) is 4.48. The van der Waals surface area contributed by atoms with E-state index < -0.39 is 0 Å². The molecule has 1 aromatic carbocycles. The Hall–Kier alpha value is -1.54. The van der Waals surface area contributed by atoms with Crippen molar-refractivity contribution in [1.29, 1.82) is 0 Å². The Bertz CT molecular complexity index is 523. The fourth-order valence-corrected chi connectivity index (χ4v) is 1.87. The number of aromatic nitrogens is 1. The van der Waals surface area contributed by atoms with Crippen molar-refractivity contribution in [1.82, 2.24) is 4.98 Å². The Balaban J connectivity index is 2.09. The van der Waals surface area contributed by atoms with Gasteiger partial charge in [0, 0.05) is 12.7 Å². The SMILES string of the molecule is Cc1cccc(CNc2cc(C)cnc2Cl)c1. The van der Waals surface area contributed by atoms with Crippen LogP contribution in [0.5, 0.6) is 0 Å². The lowest BCUT2D eigenvalue weighted by atomic mass is 10.1. The molecular weight excluding hydrogens is 232 g/mol. The highest BCUT2D eigenvalue weighted by atomic mass is 35.5. The summed E-state index contributed by atoms with van der Waals surface area (Å²) in [4.78, 5) is 4.11. The van der Waals surface area contributed by atoms with Crippen molar-refractivity contribution in [2.45, 2.75) is 20.4 Å². The molecule has 0 aliphatic heterocycles. The number of rotatable bonds is 3. The van der Waals surface area contributed by atoms with E-state index in [1.165, 1.54) is 11.1 Å². The molecule has 1 N–H and O–H groups in total. The highest BCUT2D eigenvalue weighted by Crippen LogP contribution is 2.20. The molecule has 2 aromatic rings. The fourth-order valence-electron chi connectivity index (χ4n) is 1.70. The maximum absolute atomic E-state index is 6.02. The molecule has 17 heavy (non-hydrogen) atoms. The van der Waals surface area contributed by atoms with Crippen LogP contribution in [0.4, 0.5) is 5.69 Å². The van der Waals surface area contributed by atoms with E-state index in [9.17, 15) is 0 Å². The standard InChI is InChI=1S/C14H15ClN2/c1-10-4-3-5-12(6-10)9-16-13-7-11(2)8-17-14(13)15/h3-8,16H,9H2,1-2H3. The van der Waals surface area contributed by atoms with Crippen molar-refractivity contribution in [2.24, 2.45) is 0 Å². The molecule has 0 saturated heterocycles. The third kappa shape index (κ3) is 3.21. The second kappa shape index (κ2) is 5.19. The largest absolute Gasteiger partial charge is 0.378 e. The van der Waals surface area contributed by atoms with E-state index in [4.69, 9.17) is 11.6 Å². The van der Waals surface area contributed by atoms with Gasteiger partial charge in [0.1, 0.15) is 0 Å². The molecule has 2 nitrogen and oxygen atoms in total. The number of benzene rings is 1. The predicted octanol–water partition coefficient (Wildman–Crippen LogP) is 3.96. The van der Waals surface area contributed by atoms with Crippen molar-refractivity contribution in [3.05, 3.63) is 58.4 Å². The monoisotopic (exact) mass is 246 g/mol. The zero-order valence-electron chi connectivity index (χ0n) is 10.00. The number of aryl methyl sites for hydroxylation is 2. The molecule has 1 aromatic heterocycles. The minimum Gasteiger partial charge on any atom is -0.378 e. The van der Waals surface area contributed by atoms with E-state index in [0.29, 0.717) is 5.15 Å². The van der Waals surface area contributed by atoms with Gasteiger partial charge in [-0.1, -0.05) is 41.4 Å². The van der Waals surface area contributed by atoms with Crippen LogP contribution in [0.15, 0.2) is 36.5 Å². The van der Waals surface area contributed by atoms with Gasteiger partial charge in [-0.15, -0.1) is 0 Å². The molecule has 0 radical (unpaired) electrons. The Morgan fingerprint density at radius 1 is 1.18 bits per heavy atom. The van der Waals surface area contributed by atoms with E-state index in [1.54, 1.807) is 6.20 Å². The molecule has 0 saturated carbocycles. The van der Waals surface area contributed by atoms with Crippen molar-refractivity contribution in [3.63, 3.8) is 0 Å². The molecule has 0 spiro atoms. The third-order valence-corrected chi connectivity index (χ3v) is 2.84. The zero-order valence-corrected chi connectivity index (χ0v) is 10.8. The van der Waals surface area contributed by atoms with Gasteiger partial charge in [0.15, 0.2) is 5.15 Å². The van der Waals surface area contributed by atoms with E-state index in [1.807, 2.05) is 13.0 Å². The number of hydrogen-bond donors (Lipinski definition) is 1. The fraction of sp³-hybridized carbons (Fsp3) is 0.214. The Kier molecular flexibility index (Phi) is 3.64. The number of nitrogens with zero attached hydrogens (tertiary/aromatic N) is 1. The summed E-state index contributed by atoms with van der Waals surface area (Å²) in [5, 5.41) is 3.82. The normalized spacial score (nSPS) is 10.3. The van der Waals surface area contributed by atoms with E-state index in [2.05, 4.69) is 41.5 Å². The first-order valence-electron chi connectivity index (χ1n) is 5.57. The van der Waals surface area contributed by atoms with E-state index in [0.717, 1.165) is 17.8 Å². The molecule has 0 atom stereocenters. The molecule has 88 valence electrons. The van der Waals surface area contributed by atoms with Crippen LogP contribution in [0, 0.1) is 13.8 Å². The van der Waals surface area contributed by atoms with Gasteiger partial charge in [0.25, 0.3) is 0 Å². The van der Waals surface area contributed by atoms with Crippen molar-refractivity contribution in [2.75, 3.05) is 5.32 Å². The molecule has 0 aliphatic carbocycles. The second-order valence-electron chi connectivity index (χ2n) is 4.19. The van der Waals surface area contributed by atoms with E-state index in [-0.39, 0.29) is 0 Å². The average Bonchev–Trinajstić information content (AvgIpc) is 2.30. The quantitative estimate of drug-likeness (QED) is 0.829. The summed E-state index contributed by atoms with van der Waals surface area (Å²) in [6, 6.07) is 10.4. The van der Waals surface area contributed by atoms with Crippen LogP contribution in [0.1, 0.15) is 16.7 Å². The summed E-state index contributed by atoms with van der Waals surface area (Å²) in [6.07, 6.45) is 1.76. The number of pyridine rings is 1. The minimum atomic E-state index is 0.517. The van der Waals surface area contributed by atoms with Crippen LogP contribution in [0.2, 0.25) is 5.15 Å². The van der Waals surface area contributed by atoms with Crippen molar-refractivity contribution in [3.8, 4) is 0 Å². The number of halogens is 1. The summed E-state index contributed by atoms with van der Waals surface area (Å²) >= 11 is 6.02. The van der Waals surface area contributed by atoms with Gasteiger partial charge in [-0.05, 0) is 31.0 Å². The van der Waals surface area contributed by atoms with Gasteiger partial charge >= 0.3 is 0 Å². The van der Waals surface area contributed by atoms with Crippen molar-refractivity contribution >= 4 is 17.3 Å². The maximum atomic E-state index is 6.02. The van der Waals surface area contributed by atoms with Crippen LogP contribution < -0.4 is 5.32 Å². The van der Waals surface area contributed by atoms with Crippen LogP contribution in [-0.2, 0) is 6.54 Å².